The average Bonchev–Trinajstić information content (AvgIpc) is 2.64. The Morgan fingerprint density at radius 1 is 1.60 bits per heavy atom. The third-order valence-electron chi connectivity index (χ3n) is 3.00. The fourth-order valence-corrected chi connectivity index (χ4v) is 2.07. The average molecular weight is 204 g/mol. The smallest absolute Gasteiger partial charge is 0.159 e. The van der Waals surface area contributed by atoms with Crippen molar-refractivity contribution in [1.82, 2.24) is 4.98 Å². The largest absolute Gasteiger partial charge is 0.354 e. The first-order valence-electron chi connectivity index (χ1n) is 5.42. The number of anilines is 1. The van der Waals surface area contributed by atoms with Gasteiger partial charge in [0.1, 0.15) is 5.82 Å². The van der Waals surface area contributed by atoms with Gasteiger partial charge in [-0.2, -0.15) is 0 Å². The van der Waals surface area contributed by atoms with E-state index < -0.39 is 0 Å². The maximum absolute atomic E-state index is 11.2. The number of pyridine rings is 1. The van der Waals surface area contributed by atoms with Gasteiger partial charge in [-0.15, -0.1) is 0 Å². The molecule has 0 spiro atoms. The molecule has 1 atom stereocenters. The number of hydrogen-bond donors (Lipinski definition) is 0. The number of carbonyl (C=O) groups is 1. The number of rotatable bonds is 2. The highest BCUT2D eigenvalue weighted by Gasteiger charge is 2.21. The van der Waals surface area contributed by atoms with E-state index in [-0.39, 0.29) is 5.78 Å². The molecular formula is C12H16N2O. The number of ketones is 1. The molecule has 1 unspecified atom stereocenters. The normalized spacial score (nSPS) is 20.7. The second-order valence-electron chi connectivity index (χ2n) is 4.14. The molecule has 1 aliphatic heterocycles. The molecule has 3 nitrogen and oxygen atoms in total. The quantitative estimate of drug-likeness (QED) is 0.693. The minimum atomic E-state index is 0.102. The molecule has 1 saturated heterocycles. The fourth-order valence-electron chi connectivity index (χ4n) is 2.07. The fraction of sp³-hybridized carbons (Fsp3) is 0.500. The molecule has 1 aromatic rings. The van der Waals surface area contributed by atoms with Gasteiger partial charge in [-0.25, -0.2) is 4.98 Å². The summed E-state index contributed by atoms with van der Waals surface area (Å²) in [5.74, 6) is 1.04. The first-order valence-corrected chi connectivity index (χ1v) is 5.42. The van der Waals surface area contributed by atoms with Crippen molar-refractivity contribution in [2.45, 2.75) is 32.7 Å². The van der Waals surface area contributed by atoms with E-state index in [4.69, 9.17) is 0 Å². The summed E-state index contributed by atoms with van der Waals surface area (Å²) in [6.45, 7) is 4.84. The summed E-state index contributed by atoms with van der Waals surface area (Å²) in [6, 6.07) is 4.20. The van der Waals surface area contributed by atoms with Crippen molar-refractivity contribution < 1.29 is 4.79 Å². The van der Waals surface area contributed by atoms with Crippen molar-refractivity contribution in [3.8, 4) is 0 Å². The first kappa shape index (κ1) is 10.1. The van der Waals surface area contributed by atoms with Gasteiger partial charge in [0.25, 0.3) is 0 Å². The number of carbonyl (C=O) groups excluding carboxylic acids is 1. The van der Waals surface area contributed by atoms with E-state index in [2.05, 4.69) is 16.8 Å². The summed E-state index contributed by atoms with van der Waals surface area (Å²) >= 11 is 0. The van der Waals surface area contributed by atoms with Gasteiger partial charge in [0.05, 0.1) is 0 Å². The first-order chi connectivity index (χ1) is 7.18. The van der Waals surface area contributed by atoms with Crippen LogP contribution >= 0.6 is 0 Å². The maximum Gasteiger partial charge on any atom is 0.159 e. The third kappa shape index (κ3) is 2.01. The zero-order chi connectivity index (χ0) is 10.8. The maximum atomic E-state index is 11.2. The van der Waals surface area contributed by atoms with E-state index in [0.717, 1.165) is 17.9 Å². The standard InChI is InChI=1S/C12H16N2O/c1-9-4-3-7-14(9)12-8-11(10(2)15)5-6-13-12/h5-6,8-9H,3-4,7H2,1-2H3. The summed E-state index contributed by atoms with van der Waals surface area (Å²) in [5.41, 5.74) is 0.749. The number of aromatic nitrogens is 1. The molecule has 15 heavy (non-hydrogen) atoms. The van der Waals surface area contributed by atoms with Crippen LogP contribution in [0.2, 0.25) is 0 Å². The highest BCUT2D eigenvalue weighted by molar-refractivity contribution is 5.94. The highest BCUT2D eigenvalue weighted by atomic mass is 16.1. The molecule has 0 bridgehead atoms. The van der Waals surface area contributed by atoms with Crippen molar-refractivity contribution >= 4 is 11.6 Å². The van der Waals surface area contributed by atoms with E-state index >= 15 is 0 Å². The molecule has 1 aromatic heterocycles. The van der Waals surface area contributed by atoms with Gasteiger partial charge in [-0.3, -0.25) is 4.79 Å². The summed E-state index contributed by atoms with van der Waals surface area (Å²) in [7, 11) is 0. The van der Waals surface area contributed by atoms with Crippen LogP contribution in [0.4, 0.5) is 5.82 Å². The van der Waals surface area contributed by atoms with Crippen LogP contribution in [0.3, 0.4) is 0 Å². The molecule has 2 heterocycles. The lowest BCUT2D eigenvalue weighted by atomic mass is 10.2. The van der Waals surface area contributed by atoms with Crippen molar-refractivity contribution in [3.63, 3.8) is 0 Å². The van der Waals surface area contributed by atoms with Gasteiger partial charge in [0.2, 0.25) is 0 Å². The Balaban J connectivity index is 2.28. The van der Waals surface area contributed by atoms with E-state index in [1.54, 1.807) is 19.2 Å². The Hall–Kier alpha value is -1.38. The number of Topliss-reactive ketones (excluding diaryl/α,β-unsaturated/α-hetero) is 1. The predicted octanol–water partition coefficient (Wildman–Crippen LogP) is 2.27. The van der Waals surface area contributed by atoms with Crippen LogP contribution in [0.25, 0.3) is 0 Å². The van der Waals surface area contributed by atoms with E-state index in [1.807, 2.05) is 6.07 Å². The Bertz CT molecular complexity index is 376. The second kappa shape index (κ2) is 4.01. The molecule has 80 valence electrons. The molecule has 0 N–H and O–H groups in total. The van der Waals surface area contributed by atoms with Crippen LogP contribution in [0.1, 0.15) is 37.0 Å². The molecular weight excluding hydrogens is 188 g/mol. The Morgan fingerprint density at radius 2 is 2.40 bits per heavy atom. The summed E-state index contributed by atoms with van der Waals surface area (Å²) < 4.78 is 0. The lowest BCUT2D eigenvalue weighted by Gasteiger charge is -2.22. The van der Waals surface area contributed by atoms with Crippen LogP contribution in [-0.4, -0.2) is 23.4 Å². The molecule has 0 saturated carbocycles. The topological polar surface area (TPSA) is 33.2 Å². The van der Waals surface area contributed by atoms with Crippen molar-refractivity contribution in [3.05, 3.63) is 23.9 Å². The molecule has 0 aromatic carbocycles. The summed E-state index contributed by atoms with van der Waals surface area (Å²) in [6.07, 6.45) is 4.15. The van der Waals surface area contributed by atoms with E-state index in [1.165, 1.54) is 12.8 Å². The highest BCUT2D eigenvalue weighted by Crippen LogP contribution is 2.23. The molecule has 2 rings (SSSR count). The zero-order valence-corrected chi connectivity index (χ0v) is 9.23. The van der Waals surface area contributed by atoms with Crippen molar-refractivity contribution in [2.75, 3.05) is 11.4 Å². The van der Waals surface area contributed by atoms with Crippen LogP contribution in [0.5, 0.6) is 0 Å². The van der Waals surface area contributed by atoms with Crippen LogP contribution < -0.4 is 4.90 Å². The Labute approximate surface area is 90.1 Å². The van der Waals surface area contributed by atoms with Gasteiger partial charge < -0.3 is 4.90 Å². The van der Waals surface area contributed by atoms with Crippen LogP contribution in [0, 0.1) is 0 Å². The minimum absolute atomic E-state index is 0.102. The molecule has 0 radical (unpaired) electrons. The van der Waals surface area contributed by atoms with Crippen molar-refractivity contribution in [1.29, 1.82) is 0 Å². The predicted molar refractivity (Wildman–Crippen MR) is 60.3 cm³/mol. The van der Waals surface area contributed by atoms with Crippen molar-refractivity contribution in [2.24, 2.45) is 0 Å². The second-order valence-corrected chi connectivity index (χ2v) is 4.14. The van der Waals surface area contributed by atoms with Gasteiger partial charge in [0, 0.05) is 24.3 Å². The summed E-state index contributed by atoms with van der Waals surface area (Å²) in [5, 5.41) is 0. The number of hydrogen-bond acceptors (Lipinski definition) is 3. The van der Waals surface area contributed by atoms with Crippen LogP contribution in [-0.2, 0) is 0 Å². The van der Waals surface area contributed by atoms with E-state index in [9.17, 15) is 4.79 Å². The molecule has 0 aliphatic carbocycles. The Kier molecular flexibility index (Phi) is 2.71. The molecule has 3 heteroatoms. The monoisotopic (exact) mass is 204 g/mol. The number of nitrogens with zero attached hydrogens (tertiary/aromatic N) is 2. The van der Waals surface area contributed by atoms with Gasteiger partial charge in [-0.05, 0) is 38.8 Å². The lowest BCUT2D eigenvalue weighted by Crippen LogP contribution is -2.27. The summed E-state index contributed by atoms with van der Waals surface area (Å²) in [4.78, 5) is 17.8. The molecule has 1 fully saturated rings. The SMILES string of the molecule is CC(=O)c1ccnc(N2CCCC2C)c1. The Morgan fingerprint density at radius 3 is 3.00 bits per heavy atom. The van der Waals surface area contributed by atoms with Gasteiger partial charge >= 0.3 is 0 Å². The minimum Gasteiger partial charge on any atom is -0.354 e. The molecule has 0 amide bonds. The van der Waals surface area contributed by atoms with E-state index in [0.29, 0.717) is 6.04 Å². The lowest BCUT2D eigenvalue weighted by molar-refractivity contribution is 0.101. The zero-order valence-electron chi connectivity index (χ0n) is 9.23. The van der Waals surface area contributed by atoms with Crippen LogP contribution in [0.15, 0.2) is 18.3 Å². The third-order valence-corrected chi connectivity index (χ3v) is 3.00. The molecule has 1 aliphatic rings. The van der Waals surface area contributed by atoms with Gasteiger partial charge in [0.15, 0.2) is 5.78 Å². The van der Waals surface area contributed by atoms with Gasteiger partial charge in [-0.1, -0.05) is 0 Å².